The highest BCUT2D eigenvalue weighted by atomic mass is 79.9. The Hall–Kier alpha value is -1.03. The number of halogens is 1. The Morgan fingerprint density at radius 1 is 1.24 bits per heavy atom. The molecular weight excluding hydrogens is 332 g/mol. The molecule has 3 nitrogen and oxygen atoms in total. The van der Waals surface area contributed by atoms with Gasteiger partial charge in [0.25, 0.3) is 0 Å². The highest BCUT2D eigenvalue weighted by Crippen LogP contribution is 2.31. The van der Waals surface area contributed by atoms with Crippen LogP contribution in [-0.4, -0.2) is 24.8 Å². The Bertz CT molecular complexity index is 481. The van der Waals surface area contributed by atoms with Crippen LogP contribution >= 0.6 is 15.9 Å². The second-order valence-corrected chi connectivity index (χ2v) is 6.69. The minimum atomic E-state index is -0.151. The van der Waals surface area contributed by atoms with Crippen molar-refractivity contribution in [1.82, 2.24) is 0 Å². The SMILES string of the molecule is COc1ccc(OC)c(CC(Br)C(=O)C2CCCCC2)c1. The molecule has 0 radical (unpaired) electrons. The Kier molecular flexibility index (Phi) is 6.09. The summed E-state index contributed by atoms with van der Waals surface area (Å²) in [5, 5.41) is 0. The molecular formula is C17H23BrO3. The highest BCUT2D eigenvalue weighted by molar-refractivity contribution is 9.10. The van der Waals surface area contributed by atoms with Crippen LogP contribution in [0.5, 0.6) is 11.5 Å². The molecule has 0 amide bonds. The maximum absolute atomic E-state index is 12.5. The van der Waals surface area contributed by atoms with Crippen molar-refractivity contribution in [1.29, 1.82) is 0 Å². The number of hydrogen-bond donors (Lipinski definition) is 0. The van der Waals surface area contributed by atoms with E-state index in [1.807, 2.05) is 18.2 Å². The lowest BCUT2D eigenvalue weighted by atomic mass is 9.84. The summed E-state index contributed by atoms with van der Waals surface area (Å²) in [6, 6.07) is 5.70. The largest absolute Gasteiger partial charge is 0.497 e. The van der Waals surface area contributed by atoms with Crippen LogP contribution in [0.1, 0.15) is 37.7 Å². The zero-order chi connectivity index (χ0) is 15.2. The third-order valence-corrected chi connectivity index (χ3v) is 4.98. The molecule has 0 aliphatic heterocycles. The standard InChI is InChI=1S/C17H23BrO3/c1-20-14-8-9-16(21-2)13(10-14)11-15(18)17(19)12-6-4-3-5-7-12/h8-10,12,15H,3-7,11H2,1-2H3. The number of benzene rings is 1. The van der Waals surface area contributed by atoms with Crippen molar-refractivity contribution < 1.29 is 14.3 Å². The molecule has 0 aromatic heterocycles. The summed E-state index contributed by atoms with van der Waals surface area (Å²) in [5.41, 5.74) is 1.00. The van der Waals surface area contributed by atoms with E-state index >= 15 is 0 Å². The van der Waals surface area contributed by atoms with Gasteiger partial charge in [0.15, 0.2) is 0 Å². The quantitative estimate of drug-likeness (QED) is 0.719. The molecule has 0 saturated heterocycles. The molecule has 116 valence electrons. The summed E-state index contributed by atoms with van der Waals surface area (Å²) >= 11 is 3.58. The number of methoxy groups -OCH3 is 2. The molecule has 0 N–H and O–H groups in total. The molecule has 2 rings (SSSR count). The van der Waals surface area contributed by atoms with Gasteiger partial charge in [0.2, 0.25) is 0 Å². The van der Waals surface area contributed by atoms with E-state index in [1.54, 1.807) is 14.2 Å². The monoisotopic (exact) mass is 354 g/mol. The number of alkyl halides is 1. The molecule has 0 bridgehead atoms. The third-order valence-electron chi connectivity index (χ3n) is 4.20. The van der Waals surface area contributed by atoms with Crippen LogP contribution in [0.4, 0.5) is 0 Å². The van der Waals surface area contributed by atoms with Gasteiger partial charge in [0, 0.05) is 5.92 Å². The van der Waals surface area contributed by atoms with Crippen molar-refractivity contribution in [3.8, 4) is 11.5 Å². The van der Waals surface area contributed by atoms with Gasteiger partial charge in [0.1, 0.15) is 17.3 Å². The Morgan fingerprint density at radius 3 is 2.57 bits per heavy atom. The lowest BCUT2D eigenvalue weighted by Gasteiger charge is -2.23. The number of carbonyl (C=O) groups excluding carboxylic acids is 1. The van der Waals surface area contributed by atoms with E-state index in [-0.39, 0.29) is 10.7 Å². The molecule has 4 heteroatoms. The smallest absolute Gasteiger partial charge is 0.149 e. The average Bonchev–Trinajstić information content (AvgIpc) is 2.54. The van der Waals surface area contributed by atoms with Gasteiger partial charge in [-0.15, -0.1) is 0 Å². The molecule has 1 aromatic rings. The normalized spacial score (nSPS) is 17.3. The molecule has 1 atom stereocenters. The number of hydrogen-bond acceptors (Lipinski definition) is 3. The Morgan fingerprint density at radius 2 is 1.95 bits per heavy atom. The van der Waals surface area contributed by atoms with Gasteiger partial charge in [0.05, 0.1) is 19.0 Å². The molecule has 1 aliphatic carbocycles. The molecule has 1 fully saturated rings. The lowest BCUT2D eigenvalue weighted by Crippen LogP contribution is -2.27. The first kappa shape index (κ1) is 16.3. The van der Waals surface area contributed by atoms with E-state index in [4.69, 9.17) is 9.47 Å². The lowest BCUT2D eigenvalue weighted by molar-refractivity contribution is -0.123. The predicted molar refractivity (Wildman–Crippen MR) is 87.5 cm³/mol. The summed E-state index contributed by atoms with van der Waals surface area (Å²) in [7, 11) is 3.29. The fourth-order valence-corrected chi connectivity index (χ4v) is 3.70. The summed E-state index contributed by atoms with van der Waals surface area (Å²) in [6.45, 7) is 0. The van der Waals surface area contributed by atoms with Gasteiger partial charge in [-0.2, -0.15) is 0 Å². The summed E-state index contributed by atoms with van der Waals surface area (Å²) in [6.07, 6.45) is 6.33. The van der Waals surface area contributed by atoms with Gasteiger partial charge >= 0.3 is 0 Å². The topological polar surface area (TPSA) is 35.5 Å². The second-order valence-electron chi connectivity index (χ2n) is 5.59. The zero-order valence-electron chi connectivity index (χ0n) is 12.7. The fourth-order valence-electron chi connectivity index (χ4n) is 2.98. The third kappa shape index (κ3) is 4.22. The number of Topliss-reactive ketones (excluding diaryl/α,β-unsaturated/α-hetero) is 1. The van der Waals surface area contributed by atoms with Gasteiger partial charge in [-0.25, -0.2) is 0 Å². The van der Waals surface area contributed by atoms with E-state index in [1.165, 1.54) is 19.3 Å². The van der Waals surface area contributed by atoms with Crippen LogP contribution in [0.15, 0.2) is 18.2 Å². The van der Waals surface area contributed by atoms with Crippen LogP contribution in [0.3, 0.4) is 0 Å². The van der Waals surface area contributed by atoms with Gasteiger partial charge < -0.3 is 9.47 Å². The van der Waals surface area contributed by atoms with Gasteiger partial charge in [-0.05, 0) is 43.0 Å². The zero-order valence-corrected chi connectivity index (χ0v) is 14.3. The predicted octanol–water partition coefficient (Wildman–Crippen LogP) is 4.16. The first-order valence-electron chi connectivity index (χ1n) is 7.54. The minimum absolute atomic E-state index is 0.151. The van der Waals surface area contributed by atoms with Crippen LogP contribution in [0, 0.1) is 5.92 Å². The van der Waals surface area contributed by atoms with E-state index in [0.29, 0.717) is 12.2 Å². The maximum Gasteiger partial charge on any atom is 0.149 e. The maximum atomic E-state index is 12.5. The van der Waals surface area contributed by atoms with Crippen molar-refractivity contribution >= 4 is 21.7 Å². The van der Waals surface area contributed by atoms with E-state index in [9.17, 15) is 4.79 Å². The Labute approximate surface area is 135 Å². The first-order valence-corrected chi connectivity index (χ1v) is 8.46. The Balaban J connectivity index is 2.07. The van der Waals surface area contributed by atoms with Crippen LogP contribution in [0.2, 0.25) is 0 Å². The molecule has 1 saturated carbocycles. The van der Waals surface area contributed by atoms with Crippen LogP contribution < -0.4 is 9.47 Å². The molecule has 1 aliphatic rings. The van der Waals surface area contributed by atoms with E-state index < -0.39 is 0 Å². The average molecular weight is 355 g/mol. The van der Waals surface area contributed by atoms with Crippen molar-refractivity contribution in [3.05, 3.63) is 23.8 Å². The molecule has 21 heavy (non-hydrogen) atoms. The van der Waals surface area contributed by atoms with Crippen molar-refractivity contribution in [2.45, 2.75) is 43.4 Å². The van der Waals surface area contributed by atoms with E-state index in [2.05, 4.69) is 15.9 Å². The summed E-state index contributed by atoms with van der Waals surface area (Å²) in [4.78, 5) is 12.4. The number of rotatable bonds is 6. The number of ketones is 1. The highest BCUT2D eigenvalue weighted by Gasteiger charge is 2.27. The second kappa shape index (κ2) is 7.83. The molecule has 0 spiro atoms. The summed E-state index contributed by atoms with van der Waals surface area (Å²) < 4.78 is 10.6. The minimum Gasteiger partial charge on any atom is -0.497 e. The molecule has 0 heterocycles. The fraction of sp³-hybridized carbons (Fsp3) is 0.588. The van der Waals surface area contributed by atoms with Crippen LogP contribution in [0.25, 0.3) is 0 Å². The van der Waals surface area contributed by atoms with Gasteiger partial charge in [-0.3, -0.25) is 4.79 Å². The van der Waals surface area contributed by atoms with E-state index in [0.717, 1.165) is 29.9 Å². The molecule has 1 aromatic carbocycles. The first-order chi connectivity index (χ1) is 10.2. The number of ether oxygens (including phenoxy) is 2. The number of carbonyl (C=O) groups is 1. The summed E-state index contributed by atoms with van der Waals surface area (Å²) in [5.74, 6) is 2.15. The molecule has 1 unspecified atom stereocenters. The van der Waals surface area contributed by atoms with Crippen molar-refractivity contribution in [2.75, 3.05) is 14.2 Å². The van der Waals surface area contributed by atoms with Crippen molar-refractivity contribution in [2.24, 2.45) is 5.92 Å². The van der Waals surface area contributed by atoms with Crippen LogP contribution in [-0.2, 0) is 11.2 Å². The van der Waals surface area contributed by atoms with Crippen molar-refractivity contribution in [3.63, 3.8) is 0 Å². The van der Waals surface area contributed by atoms with Gasteiger partial charge in [-0.1, -0.05) is 35.2 Å².